The molecule has 1 aliphatic rings. The van der Waals surface area contributed by atoms with E-state index in [1.165, 1.54) is 74.3 Å². The fraction of sp³-hybridized carbons (Fsp3) is 0.333. The molecular weight excluding hydrogens is 436 g/mol. The van der Waals surface area contributed by atoms with Gasteiger partial charge in [-0.15, -0.1) is 11.3 Å². The number of fused-ring (bicyclic) bond motifs is 1. The highest BCUT2D eigenvalue weighted by Gasteiger charge is 2.16. The van der Waals surface area contributed by atoms with E-state index in [9.17, 15) is 0 Å². The van der Waals surface area contributed by atoms with Crippen molar-refractivity contribution in [3.05, 3.63) is 88.5 Å². The van der Waals surface area contributed by atoms with E-state index < -0.39 is 0 Å². The Morgan fingerprint density at radius 2 is 1.74 bits per heavy atom. The highest BCUT2D eigenvalue weighted by Crippen LogP contribution is 2.40. The molecule has 3 nitrogen and oxygen atoms in total. The summed E-state index contributed by atoms with van der Waals surface area (Å²) >= 11 is 1.90. The van der Waals surface area contributed by atoms with E-state index in [2.05, 4.69) is 79.4 Å². The van der Waals surface area contributed by atoms with Gasteiger partial charge in [0.1, 0.15) is 12.4 Å². The van der Waals surface area contributed by atoms with Crippen molar-refractivity contribution in [2.75, 3.05) is 26.2 Å². The largest absolute Gasteiger partial charge is 0.492 e. The minimum atomic E-state index is 0.588. The molecule has 1 saturated heterocycles. The fourth-order valence-electron chi connectivity index (χ4n) is 4.97. The molecule has 0 amide bonds. The first-order valence-corrected chi connectivity index (χ1v) is 13.2. The molecular formula is C30H34N2OS. The summed E-state index contributed by atoms with van der Waals surface area (Å²) in [5.74, 6) is 0.953. The minimum Gasteiger partial charge on any atom is -0.492 e. The van der Waals surface area contributed by atoms with Gasteiger partial charge in [0.15, 0.2) is 0 Å². The zero-order valence-corrected chi connectivity index (χ0v) is 21.1. The Morgan fingerprint density at radius 1 is 0.941 bits per heavy atom. The van der Waals surface area contributed by atoms with Gasteiger partial charge in [-0.2, -0.15) is 0 Å². The first-order chi connectivity index (χ1) is 16.6. The lowest BCUT2D eigenvalue weighted by Gasteiger charge is -2.15. The Balaban J connectivity index is 1.41. The first kappa shape index (κ1) is 23.1. The number of ether oxygens (including phenoxy) is 1. The topological polar surface area (TPSA) is 38.5 Å². The van der Waals surface area contributed by atoms with Crippen LogP contribution in [0.1, 0.15) is 40.7 Å². The van der Waals surface area contributed by atoms with E-state index in [0.717, 1.165) is 25.3 Å². The average molecular weight is 471 g/mol. The zero-order chi connectivity index (χ0) is 23.5. The fourth-order valence-corrected chi connectivity index (χ4v) is 6.29. The molecule has 34 heavy (non-hydrogen) atoms. The van der Waals surface area contributed by atoms with Crippen LogP contribution in [-0.2, 0) is 13.0 Å². The van der Waals surface area contributed by atoms with E-state index in [1.54, 1.807) is 0 Å². The molecule has 2 heterocycles. The van der Waals surface area contributed by atoms with Crippen molar-refractivity contribution in [2.24, 2.45) is 5.73 Å². The van der Waals surface area contributed by atoms with Crippen LogP contribution in [-0.4, -0.2) is 31.1 Å². The van der Waals surface area contributed by atoms with Crippen molar-refractivity contribution in [1.29, 1.82) is 0 Å². The molecule has 1 aliphatic heterocycles. The van der Waals surface area contributed by atoms with Crippen LogP contribution in [0.2, 0.25) is 0 Å². The third kappa shape index (κ3) is 5.05. The summed E-state index contributed by atoms with van der Waals surface area (Å²) in [5, 5.41) is 1.36. The second-order valence-electron chi connectivity index (χ2n) is 9.47. The lowest BCUT2D eigenvalue weighted by molar-refractivity contribution is 0.238. The second kappa shape index (κ2) is 10.3. The maximum absolute atomic E-state index is 6.05. The van der Waals surface area contributed by atoms with Gasteiger partial charge in [-0.25, -0.2) is 0 Å². The lowest BCUT2D eigenvalue weighted by Crippen LogP contribution is -2.25. The number of thiophene rings is 1. The van der Waals surface area contributed by atoms with Crippen molar-refractivity contribution in [3.8, 4) is 16.2 Å². The third-order valence-corrected chi connectivity index (χ3v) is 8.19. The molecule has 4 aromatic rings. The Kier molecular flexibility index (Phi) is 7.00. The summed E-state index contributed by atoms with van der Waals surface area (Å²) in [6.45, 7) is 9.11. The minimum absolute atomic E-state index is 0.588. The molecule has 2 N–H and O–H groups in total. The Morgan fingerprint density at radius 3 is 2.47 bits per heavy atom. The smallest absolute Gasteiger partial charge is 0.119 e. The molecule has 0 radical (unpaired) electrons. The van der Waals surface area contributed by atoms with E-state index in [1.807, 2.05) is 11.3 Å². The van der Waals surface area contributed by atoms with Crippen LogP contribution >= 0.6 is 11.3 Å². The maximum atomic E-state index is 6.05. The van der Waals surface area contributed by atoms with E-state index in [-0.39, 0.29) is 0 Å². The normalized spacial score (nSPS) is 14.2. The van der Waals surface area contributed by atoms with E-state index in [4.69, 9.17) is 10.5 Å². The van der Waals surface area contributed by atoms with Gasteiger partial charge in [0, 0.05) is 22.7 Å². The predicted octanol–water partition coefficient (Wildman–Crippen LogP) is 6.71. The van der Waals surface area contributed by atoms with Gasteiger partial charge in [0.2, 0.25) is 0 Å². The quantitative estimate of drug-likeness (QED) is 0.311. The number of nitrogens with zero attached hydrogens (tertiary/aromatic N) is 1. The third-order valence-electron chi connectivity index (χ3n) is 6.95. The standard InChI is InChI=1S/C30H34N2OS/c1-21-5-12-27-28(19-23-6-7-25(20-31)22(2)18-23)30(34-29(27)17-21)24-8-10-26(11-9-24)33-16-15-32-13-3-4-14-32/h5-12,17-18H,3-4,13-16,19-20,31H2,1-2H3. The number of rotatable bonds is 8. The highest BCUT2D eigenvalue weighted by molar-refractivity contribution is 7.22. The average Bonchev–Trinajstić information content (AvgIpc) is 3.48. The summed E-state index contributed by atoms with van der Waals surface area (Å²) < 4.78 is 7.40. The molecule has 1 aromatic heterocycles. The Bertz CT molecular complexity index is 1270. The van der Waals surface area contributed by atoms with E-state index >= 15 is 0 Å². The van der Waals surface area contributed by atoms with Gasteiger partial charge in [-0.1, -0.05) is 30.3 Å². The first-order valence-electron chi connectivity index (χ1n) is 12.4. The monoisotopic (exact) mass is 470 g/mol. The molecule has 176 valence electrons. The summed E-state index contributed by atoms with van der Waals surface area (Å²) in [7, 11) is 0. The molecule has 4 heteroatoms. The SMILES string of the molecule is Cc1ccc2c(Cc3ccc(CN)c(C)c3)c(-c3ccc(OCCN4CCCC4)cc3)sc2c1. The lowest BCUT2D eigenvalue weighted by atomic mass is 9.96. The number of aryl methyl sites for hydroxylation is 2. The van der Waals surface area contributed by atoms with Gasteiger partial charge < -0.3 is 10.5 Å². The second-order valence-corrected chi connectivity index (χ2v) is 10.5. The van der Waals surface area contributed by atoms with E-state index in [0.29, 0.717) is 6.54 Å². The van der Waals surface area contributed by atoms with Crippen LogP contribution < -0.4 is 10.5 Å². The van der Waals surface area contributed by atoms with Crippen LogP contribution in [0, 0.1) is 13.8 Å². The molecule has 0 aliphatic carbocycles. The number of nitrogens with two attached hydrogens (primary N) is 1. The maximum Gasteiger partial charge on any atom is 0.119 e. The van der Waals surface area contributed by atoms with Gasteiger partial charge in [-0.05, 0) is 115 Å². The van der Waals surface area contributed by atoms with Crippen molar-refractivity contribution in [2.45, 2.75) is 39.7 Å². The van der Waals surface area contributed by atoms with Gasteiger partial charge in [0.25, 0.3) is 0 Å². The van der Waals surface area contributed by atoms with Crippen molar-refractivity contribution >= 4 is 21.4 Å². The molecule has 0 atom stereocenters. The van der Waals surface area contributed by atoms with Crippen LogP contribution in [0.15, 0.2) is 60.7 Å². The molecule has 3 aromatic carbocycles. The van der Waals surface area contributed by atoms with Crippen LogP contribution in [0.25, 0.3) is 20.5 Å². The highest BCUT2D eigenvalue weighted by atomic mass is 32.1. The van der Waals surface area contributed by atoms with Gasteiger partial charge >= 0.3 is 0 Å². The Hall–Kier alpha value is -2.66. The van der Waals surface area contributed by atoms with Crippen LogP contribution in [0.3, 0.4) is 0 Å². The molecule has 5 rings (SSSR count). The summed E-state index contributed by atoms with van der Waals surface area (Å²) in [6.07, 6.45) is 3.56. The zero-order valence-electron chi connectivity index (χ0n) is 20.3. The Labute approximate surface area is 207 Å². The molecule has 0 spiro atoms. The summed E-state index contributed by atoms with van der Waals surface area (Å²) in [4.78, 5) is 3.84. The number of likely N-dealkylation sites (tertiary alicyclic amines) is 1. The van der Waals surface area contributed by atoms with Crippen molar-refractivity contribution < 1.29 is 4.74 Å². The molecule has 0 unspecified atom stereocenters. The summed E-state index contributed by atoms with van der Waals surface area (Å²) in [5.41, 5.74) is 13.7. The number of benzene rings is 3. The number of hydrogen-bond donors (Lipinski definition) is 1. The predicted molar refractivity (Wildman–Crippen MR) is 145 cm³/mol. The van der Waals surface area contributed by atoms with Crippen molar-refractivity contribution in [1.82, 2.24) is 4.90 Å². The van der Waals surface area contributed by atoms with Crippen molar-refractivity contribution in [3.63, 3.8) is 0 Å². The van der Waals surface area contributed by atoms with Crippen LogP contribution in [0.5, 0.6) is 5.75 Å². The van der Waals surface area contributed by atoms with Gasteiger partial charge in [-0.3, -0.25) is 4.90 Å². The molecule has 1 fully saturated rings. The van der Waals surface area contributed by atoms with Gasteiger partial charge in [0.05, 0.1) is 0 Å². The molecule has 0 saturated carbocycles. The number of hydrogen-bond acceptors (Lipinski definition) is 4. The van der Waals surface area contributed by atoms with Crippen LogP contribution in [0.4, 0.5) is 0 Å². The summed E-state index contributed by atoms with van der Waals surface area (Å²) in [6, 6.07) is 22.2. The molecule has 0 bridgehead atoms.